The lowest BCUT2D eigenvalue weighted by atomic mass is 9.58. The summed E-state index contributed by atoms with van der Waals surface area (Å²) in [6.07, 6.45) is -0.462. The molecule has 4 aliphatic rings. The van der Waals surface area contributed by atoms with Crippen molar-refractivity contribution >= 4 is 28.3 Å². The maximum Gasteiger partial charge on any atom is 0.416 e. The minimum Gasteiger partial charge on any atom is -0.194 e. The second kappa shape index (κ2) is 7.20. The number of rotatable bonds is 1. The van der Waals surface area contributed by atoms with Crippen LogP contribution in [0.4, 0.5) is 39.5 Å². The molecular formula is C28H17F9S. The number of allylic oxidation sites excluding steroid dienone is 5. The molecule has 3 aliphatic carbocycles. The smallest absolute Gasteiger partial charge is 0.194 e. The Kier molecular flexibility index (Phi) is 4.81. The molecule has 1 heterocycles. The zero-order valence-electron chi connectivity index (χ0n) is 19.7. The van der Waals surface area contributed by atoms with Crippen molar-refractivity contribution in [2.75, 3.05) is 0 Å². The van der Waals surface area contributed by atoms with Crippen LogP contribution >= 0.6 is 11.8 Å². The Hall–Kier alpha value is -2.88. The second-order valence-electron chi connectivity index (χ2n) is 10.1. The molecule has 38 heavy (non-hydrogen) atoms. The minimum atomic E-state index is -5.72. The van der Waals surface area contributed by atoms with Crippen LogP contribution in [0.3, 0.4) is 0 Å². The summed E-state index contributed by atoms with van der Waals surface area (Å²) < 4.78 is 130. The van der Waals surface area contributed by atoms with Crippen LogP contribution in [0.25, 0.3) is 16.6 Å². The second-order valence-corrected chi connectivity index (χ2v) is 11.6. The Morgan fingerprint density at radius 1 is 0.763 bits per heavy atom. The van der Waals surface area contributed by atoms with Gasteiger partial charge in [-0.05, 0) is 53.0 Å². The number of hydrogen-bond acceptors (Lipinski definition) is 1. The summed E-state index contributed by atoms with van der Waals surface area (Å²) in [6.45, 7) is 3.00. The molecule has 0 bridgehead atoms. The average molecular weight is 556 g/mol. The summed E-state index contributed by atoms with van der Waals surface area (Å²) in [5.74, 6) is -16.1. The van der Waals surface area contributed by atoms with Gasteiger partial charge in [0.2, 0.25) is 0 Å². The van der Waals surface area contributed by atoms with Gasteiger partial charge in [0.05, 0.1) is 10.3 Å². The van der Waals surface area contributed by atoms with E-state index < -0.39 is 56.4 Å². The topological polar surface area (TPSA) is 0 Å². The summed E-state index contributed by atoms with van der Waals surface area (Å²) in [6, 6.07) is 10.2. The van der Waals surface area contributed by atoms with Gasteiger partial charge in [0.15, 0.2) is 0 Å². The largest absolute Gasteiger partial charge is 0.416 e. The van der Waals surface area contributed by atoms with Crippen LogP contribution in [0.5, 0.6) is 0 Å². The predicted octanol–water partition coefficient (Wildman–Crippen LogP) is 9.27. The third-order valence-electron chi connectivity index (χ3n) is 8.10. The van der Waals surface area contributed by atoms with E-state index in [9.17, 15) is 22.0 Å². The Morgan fingerprint density at radius 3 is 2.11 bits per heavy atom. The van der Waals surface area contributed by atoms with Gasteiger partial charge in [-0.1, -0.05) is 55.5 Å². The summed E-state index contributed by atoms with van der Waals surface area (Å²) in [4.78, 5) is 0.0875. The first-order valence-corrected chi connectivity index (χ1v) is 12.3. The highest BCUT2D eigenvalue weighted by atomic mass is 32.2. The number of hydrogen-bond donors (Lipinski definition) is 0. The third-order valence-corrected chi connectivity index (χ3v) is 9.73. The molecule has 0 nitrogen and oxygen atoms in total. The highest BCUT2D eigenvalue weighted by Gasteiger charge is 2.84. The summed E-state index contributed by atoms with van der Waals surface area (Å²) in [5, 5.41) is 0. The molecule has 1 saturated carbocycles. The molecule has 10 heteroatoms. The van der Waals surface area contributed by atoms with E-state index in [1.807, 2.05) is 0 Å². The van der Waals surface area contributed by atoms with Crippen LogP contribution < -0.4 is 0 Å². The van der Waals surface area contributed by atoms with E-state index >= 15 is 17.6 Å². The monoisotopic (exact) mass is 556 g/mol. The van der Waals surface area contributed by atoms with E-state index in [2.05, 4.69) is 0 Å². The normalized spacial score (nSPS) is 30.0. The van der Waals surface area contributed by atoms with Crippen molar-refractivity contribution < 1.29 is 39.5 Å². The maximum atomic E-state index is 15.5. The summed E-state index contributed by atoms with van der Waals surface area (Å²) >= 11 is 0.906. The van der Waals surface area contributed by atoms with Gasteiger partial charge in [-0.25, -0.2) is 0 Å². The van der Waals surface area contributed by atoms with Crippen molar-refractivity contribution in [3.63, 3.8) is 0 Å². The Balaban J connectivity index is 1.71. The van der Waals surface area contributed by atoms with E-state index in [1.165, 1.54) is 38.1 Å². The highest BCUT2D eigenvalue weighted by molar-refractivity contribution is 8.10. The minimum absolute atomic E-state index is 0.0141. The van der Waals surface area contributed by atoms with Crippen LogP contribution in [0.15, 0.2) is 77.4 Å². The van der Waals surface area contributed by atoms with Crippen molar-refractivity contribution in [2.45, 2.75) is 42.5 Å². The number of halogens is 9. The summed E-state index contributed by atoms with van der Waals surface area (Å²) in [7, 11) is 0. The van der Waals surface area contributed by atoms with Gasteiger partial charge in [-0.2, -0.15) is 39.5 Å². The van der Waals surface area contributed by atoms with Gasteiger partial charge in [-0.15, -0.1) is 11.8 Å². The van der Waals surface area contributed by atoms with Crippen LogP contribution in [-0.2, 0) is 6.18 Å². The van der Waals surface area contributed by atoms with Gasteiger partial charge in [0.1, 0.15) is 0 Å². The SMILES string of the molecule is CC12C=Cc3ccccc3C1=C1C(=C3C=C(c4cccc(C(F)(F)F)c4)SC32C)C(F)(F)C(F)(F)C1(F)F. The molecule has 0 amide bonds. The molecule has 0 spiro atoms. The van der Waals surface area contributed by atoms with E-state index in [1.54, 1.807) is 18.2 Å². The van der Waals surface area contributed by atoms with Crippen molar-refractivity contribution in [3.05, 3.63) is 99.7 Å². The molecule has 0 aromatic heterocycles. The molecule has 0 radical (unpaired) electrons. The van der Waals surface area contributed by atoms with E-state index in [0.717, 1.165) is 36.0 Å². The summed E-state index contributed by atoms with van der Waals surface area (Å²) in [5.41, 5.74) is -5.57. The fourth-order valence-corrected chi connectivity index (χ4v) is 7.47. The van der Waals surface area contributed by atoms with E-state index in [0.29, 0.717) is 5.56 Å². The Morgan fingerprint density at radius 2 is 1.42 bits per heavy atom. The molecule has 1 aliphatic heterocycles. The lowest BCUT2D eigenvalue weighted by molar-refractivity contribution is -0.257. The number of alkyl halides is 9. The molecule has 0 saturated heterocycles. The fourth-order valence-electron chi connectivity index (χ4n) is 5.95. The molecule has 2 aromatic carbocycles. The lowest BCUT2D eigenvalue weighted by Gasteiger charge is -2.50. The third kappa shape index (κ3) is 2.82. The first kappa shape index (κ1) is 25.4. The molecule has 6 rings (SSSR count). The van der Waals surface area contributed by atoms with Crippen molar-refractivity contribution in [1.29, 1.82) is 0 Å². The molecule has 2 atom stereocenters. The van der Waals surface area contributed by atoms with E-state index in [-0.39, 0.29) is 21.6 Å². The van der Waals surface area contributed by atoms with Crippen molar-refractivity contribution in [1.82, 2.24) is 0 Å². The van der Waals surface area contributed by atoms with Crippen LogP contribution in [-0.4, -0.2) is 22.5 Å². The lowest BCUT2D eigenvalue weighted by Crippen LogP contribution is -2.47. The molecule has 0 N–H and O–H groups in total. The molecule has 2 unspecified atom stereocenters. The van der Waals surface area contributed by atoms with Gasteiger partial charge >= 0.3 is 23.9 Å². The molecular weight excluding hydrogens is 539 g/mol. The zero-order valence-corrected chi connectivity index (χ0v) is 20.5. The quantitative estimate of drug-likeness (QED) is 0.316. The number of benzene rings is 2. The number of thioether (sulfide) groups is 1. The Bertz CT molecular complexity index is 1540. The molecule has 2 aromatic rings. The standard InChI is InChI=1S/C28H17F9S/c1-23-11-10-14-6-3-4-9-17(14)20(23)22-21(25(29,30)28(36,37)26(22,31)32)18-13-19(38-24(18,23)2)15-7-5-8-16(12-15)27(33,34)35/h3-13H,1-2H3. The highest BCUT2D eigenvalue weighted by Crippen LogP contribution is 2.75. The van der Waals surface area contributed by atoms with E-state index in [4.69, 9.17) is 0 Å². The zero-order chi connectivity index (χ0) is 27.7. The van der Waals surface area contributed by atoms with Gasteiger partial charge in [-0.3, -0.25) is 0 Å². The van der Waals surface area contributed by atoms with Crippen LogP contribution in [0.1, 0.15) is 36.1 Å². The van der Waals surface area contributed by atoms with Gasteiger partial charge in [0, 0.05) is 21.5 Å². The van der Waals surface area contributed by atoms with Gasteiger partial charge in [0.25, 0.3) is 0 Å². The fraction of sp³-hybridized carbons (Fsp3) is 0.286. The van der Waals surface area contributed by atoms with Crippen LogP contribution in [0, 0.1) is 5.41 Å². The number of fused-ring (bicyclic) bond motifs is 6. The maximum absolute atomic E-state index is 15.5. The average Bonchev–Trinajstić information content (AvgIpc) is 3.25. The van der Waals surface area contributed by atoms with Crippen molar-refractivity contribution in [3.8, 4) is 0 Å². The first-order valence-electron chi connectivity index (χ1n) is 11.5. The van der Waals surface area contributed by atoms with Crippen LogP contribution in [0.2, 0.25) is 0 Å². The Labute approximate surface area is 215 Å². The first-order chi connectivity index (χ1) is 17.5. The molecule has 198 valence electrons. The molecule has 1 fully saturated rings. The van der Waals surface area contributed by atoms with Gasteiger partial charge < -0.3 is 0 Å². The van der Waals surface area contributed by atoms with Crippen molar-refractivity contribution in [2.24, 2.45) is 5.41 Å². The predicted molar refractivity (Wildman–Crippen MR) is 128 cm³/mol.